The number of ether oxygens (including phenoxy) is 2. The van der Waals surface area contributed by atoms with Crippen molar-refractivity contribution in [2.45, 2.75) is 20.0 Å². The van der Waals surface area contributed by atoms with Gasteiger partial charge in [0, 0.05) is 19.9 Å². The van der Waals surface area contributed by atoms with Crippen molar-refractivity contribution in [3.05, 3.63) is 53.6 Å². The third-order valence-electron chi connectivity index (χ3n) is 4.30. The highest BCUT2D eigenvalue weighted by Crippen LogP contribution is 2.40. The lowest BCUT2D eigenvalue weighted by molar-refractivity contribution is -0.116. The second-order valence-corrected chi connectivity index (χ2v) is 6.07. The lowest BCUT2D eigenvalue weighted by Crippen LogP contribution is -2.36. The Bertz CT molecular complexity index is 879. The Labute approximate surface area is 156 Å². The molecule has 0 fully saturated rings. The Morgan fingerprint density at radius 3 is 2.56 bits per heavy atom. The molecule has 3 rings (SSSR count). The molecule has 1 aliphatic rings. The highest BCUT2D eigenvalue weighted by molar-refractivity contribution is 6.14. The van der Waals surface area contributed by atoms with Crippen molar-refractivity contribution in [3.8, 4) is 5.75 Å². The van der Waals surface area contributed by atoms with E-state index < -0.39 is 6.09 Å². The summed E-state index contributed by atoms with van der Waals surface area (Å²) in [5, 5.41) is 2.61. The molecule has 7 heteroatoms. The Kier molecular flexibility index (Phi) is 5.40. The van der Waals surface area contributed by atoms with Crippen LogP contribution in [0.1, 0.15) is 29.3 Å². The average Bonchev–Trinajstić information content (AvgIpc) is 2.67. The Hall–Kier alpha value is -3.35. The Balaban J connectivity index is 1.85. The summed E-state index contributed by atoms with van der Waals surface area (Å²) in [5.74, 6) is 0.0297. The van der Waals surface area contributed by atoms with Crippen molar-refractivity contribution in [1.82, 2.24) is 0 Å². The molecule has 0 aromatic heterocycles. The van der Waals surface area contributed by atoms with E-state index in [2.05, 4.69) is 5.32 Å². The SMILES string of the molecule is COc1ccc(NC(=O)OCc2ccccc2)c2c1N(C(C)=O)CCC2=O. The molecule has 0 saturated heterocycles. The molecular weight excluding hydrogens is 348 g/mol. The highest BCUT2D eigenvalue weighted by Gasteiger charge is 2.31. The van der Waals surface area contributed by atoms with Gasteiger partial charge in [-0.05, 0) is 17.7 Å². The zero-order valence-electron chi connectivity index (χ0n) is 15.2. The number of ketones is 1. The van der Waals surface area contributed by atoms with E-state index in [1.54, 1.807) is 12.1 Å². The number of nitrogens with one attached hydrogen (secondary N) is 1. The van der Waals surface area contributed by atoms with Crippen LogP contribution in [-0.4, -0.2) is 31.4 Å². The Morgan fingerprint density at radius 1 is 1.15 bits per heavy atom. The fourth-order valence-corrected chi connectivity index (χ4v) is 3.03. The highest BCUT2D eigenvalue weighted by atomic mass is 16.5. The molecule has 0 unspecified atom stereocenters. The van der Waals surface area contributed by atoms with Crippen LogP contribution >= 0.6 is 0 Å². The van der Waals surface area contributed by atoms with Crippen molar-refractivity contribution in [2.75, 3.05) is 23.9 Å². The topological polar surface area (TPSA) is 84.9 Å². The normalized spacial score (nSPS) is 13.0. The third-order valence-corrected chi connectivity index (χ3v) is 4.30. The molecule has 0 aliphatic carbocycles. The van der Waals surface area contributed by atoms with Crippen molar-refractivity contribution in [1.29, 1.82) is 0 Å². The van der Waals surface area contributed by atoms with Crippen molar-refractivity contribution in [2.24, 2.45) is 0 Å². The minimum absolute atomic E-state index is 0.110. The van der Waals surface area contributed by atoms with Gasteiger partial charge in [0.15, 0.2) is 5.78 Å². The van der Waals surface area contributed by atoms with Crippen LogP contribution in [0, 0.1) is 0 Å². The van der Waals surface area contributed by atoms with E-state index in [1.807, 2.05) is 30.3 Å². The minimum atomic E-state index is -0.682. The first kappa shape index (κ1) is 18.4. The van der Waals surface area contributed by atoms with Gasteiger partial charge in [0.2, 0.25) is 5.91 Å². The van der Waals surface area contributed by atoms with Gasteiger partial charge in [0.25, 0.3) is 0 Å². The first-order valence-electron chi connectivity index (χ1n) is 8.51. The van der Waals surface area contributed by atoms with Crippen LogP contribution in [-0.2, 0) is 16.1 Å². The number of anilines is 2. The van der Waals surface area contributed by atoms with E-state index >= 15 is 0 Å². The predicted molar refractivity (Wildman–Crippen MR) is 100 cm³/mol. The molecule has 0 bridgehead atoms. The van der Waals surface area contributed by atoms with E-state index in [1.165, 1.54) is 18.9 Å². The molecule has 0 saturated carbocycles. The minimum Gasteiger partial charge on any atom is -0.495 e. The number of hydrogen-bond acceptors (Lipinski definition) is 5. The number of Topliss-reactive ketones (excluding diaryl/α,β-unsaturated/α-hetero) is 1. The number of fused-ring (bicyclic) bond motifs is 1. The van der Waals surface area contributed by atoms with Gasteiger partial charge in [-0.2, -0.15) is 0 Å². The van der Waals surface area contributed by atoms with E-state index in [0.29, 0.717) is 17.1 Å². The summed E-state index contributed by atoms with van der Waals surface area (Å²) in [7, 11) is 1.47. The van der Waals surface area contributed by atoms with Gasteiger partial charge in [-0.3, -0.25) is 14.9 Å². The molecular formula is C20H20N2O5. The molecule has 0 radical (unpaired) electrons. The fourth-order valence-electron chi connectivity index (χ4n) is 3.03. The lowest BCUT2D eigenvalue weighted by atomic mass is 9.97. The molecule has 0 spiro atoms. The molecule has 2 amide bonds. The largest absolute Gasteiger partial charge is 0.495 e. The molecule has 1 aliphatic heterocycles. The quantitative estimate of drug-likeness (QED) is 0.894. The second-order valence-electron chi connectivity index (χ2n) is 6.07. The summed E-state index contributed by atoms with van der Waals surface area (Å²) in [6, 6.07) is 12.5. The molecule has 7 nitrogen and oxygen atoms in total. The summed E-state index contributed by atoms with van der Waals surface area (Å²) < 4.78 is 10.5. The maximum absolute atomic E-state index is 12.5. The first-order valence-corrected chi connectivity index (χ1v) is 8.51. The average molecular weight is 368 g/mol. The monoisotopic (exact) mass is 368 g/mol. The Morgan fingerprint density at radius 2 is 1.89 bits per heavy atom. The summed E-state index contributed by atoms with van der Waals surface area (Å²) in [4.78, 5) is 38.2. The predicted octanol–water partition coefficient (Wildman–Crippen LogP) is 3.38. The van der Waals surface area contributed by atoms with Gasteiger partial charge in [0.05, 0.1) is 24.0 Å². The summed E-state index contributed by atoms with van der Waals surface area (Å²) in [6.07, 6.45) is -0.507. The second kappa shape index (κ2) is 7.90. The standard InChI is InChI=1S/C20H20N2O5/c1-13(23)22-11-10-16(24)18-15(8-9-17(26-2)19(18)22)21-20(25)27-12-14-6-4-3-5-7-14/h3-9H,10-12H2,1-2H3,(H,21,25). The summed E-state index contributed by atoms with van der Waals surface area (Å²) >= 11 is 0. The lowest BCUT2D eigenvalue weighted by Gasteiger charge is -2.30. The van der Waals surface area contributed by atoms with Gasteiger partial charge in [0.1, 0.15) is 12.4 Å². The van der Waals surface area contributed by atoms with Crippen molar-refractivity contribution < 1.29 is 23.9 Å². The summed E-state index contributed by atoms with van der Waals surface area (Å²) in [6.45, 7) is 1.81. The van der Waals surface area contributed by atoms with E-state index in [4.69, 9.17) is 9.47 Å². The zero-order valence-corrected chi connectivity index (χ0v) is 15.2. The molecule has 1 N–H and O–H groups in total. The number of benzene rings is 2. The number of methoxy groups -OCH3 is 1. The van der Waals surface area contributed by atoms with Crippen LogP contribution < -0.4 is 15.0 Å². The fraction of sp³-hybridized carbons (Fsp3) is 0.250. The molecule has 2 aromatic rings. The van der Waals surface area contributed by atoms with Gasteiger partial charge < -0.3 is 14.4 Å². The zero-order chi connectivity index (χ0) is 19.4. The number of amides is 2. The first-order chi connectivity index (χ1) is 13.0. The van der Waals surface area contributed by atoms with Gasteiger partial charge in [-0.25, -0.2) is 4.79 Å². The van der Waals surface area contributed by atoms with E-state index in [0.717, 1.165) is 5.56 Å². The molecule has 1 heterocycles. The van der Waals surface area contributed by atoms with Crippen LogP contribution in [0.15, 0.2) is 42.5 Å². The number of hydrogen-bond donors (Lipinski definition) is 1. The van der Waals surface area contributed by atoms with Gasteiger partial charge >= 0.3 is 6.09 Å². The number of nitrogens with zero attached hydrogens (tertiary/aromatic N) is 1. The number of carbonyl (C=O) groups is 3. The van der Waals surface area contributed by atoms with Crippen molar-refractivity contribution in [3.63, 3.8) is 0 Å². The molecule has 2 aromatic carbocycles. The van der Waals surface area contributed by atoms with Crippen LogP contribution in [0.25, 0.3) is 0 Å². The van der Waals surface area contributed by atoms with Crippen LogP contribution in [0.4, 0.5) is 16.2 Å². The van der Waals surface area contributed by atoms with Gasteiger partial charge in [-0.1, -0.05) is 30.3 Å². The van der Waals surface area contributed by atoms with Crippen LogP contribution in [0.2, 0.25) is 0 Å². The molecule has 0 atom stereocenters. The maximum Gasteiger partial charge on any atom is 0.411 e. The van der Waals surface area contributed by atoms with Gasteiger partial charge in [-0.15, -0.1) is 0 Å². The summed E-state index contributed by atoms with van der Waals surface area (Å²) in [5.41, 5.74) is 1.78. The van der Waals surface area contributed by atoms with E-state index in [-0.39, 0.29) is 36.8 Å². The van der Waals surface area contributed by atoms with Crippen molar-refractivity contribution >= 4 is 29.2 Å². The number of rotatable bonds is 4. The third kappa shape index (κ3) is 3.92. The van der Waals surface area contributed by atoms with E-state index in [9.17, 15) is 14.4 Å². The maximum atomic E-state index is 12.5. The number of carbonyl (C=O) groups excluding carboxylic acids is 3. The molecule has 140 valence electrons. The van der Waals surface area contributed by atoms with Crippen LogP contribution in [0.5, 0.6) is 5.75 Å². The smallest absolute Gasteiger partial charge is 0.411 e. The molecule has 27 heavy (non-hydrogen) atoms. The van der Waals surface area contributed by atoms with Crippen LogP contribution in [0.3, 0.4) is 0 Å².